The van der Waals surface area contributed by atoms with Crippen molar-refractivity contribution in [2.45, 2.75) is 71.0 Å². The molecule has 7 nitrogen and oxygen atoms in total. The number of nitrogens with zero attached hydrogens (tertiary/aromatic N) is 2. The van der Waals surface area contributed by atoms with E-state index < -0.39 is 22.0 Å². The van der Waals surface area contributed by atoms with Crippen LogP contribution in [0, 0.1) is 13.8 Å². The topological polar surface area (TPSA) is 86.8 Å². The Bertz CT molecular complexity index is 1080. The Morgan fingerprint density at radius 1 is 0.971 bits per heavy atom. The predicted molar refractivity (Wildman–Crippen MR) is 135 cm³/mol. The lowest BCUT2D eigenvalue weighted by molar-refractivity contribution is -0.141. The largest absolute Gasteiger partial charge is 0.352 e. The first-order chi connectivity index (χ1) is 16.0. The Labute approximate surface area is 204 Å². The number of aryl methyl sites for hydroxylation is 2. The van der Waals surface area contributed by atoms with E-state index in [2.05, 4.69) is 5.32 Å². The van der Waals surface area contributed by atoms with E-state index in [4.69, 9.17) is 0 Å². The molecule has 0 unspecified atom stereocenters. The number of carbonyl (C=O) groups excluding carboxylic acids is 2. The standard InChI is InChI=1S/C26H37N3O4S/c1-7-21(5)27-26(31)24(8-2)29(17-22-11-9-10-20(4)16-22)25(30)18-28(6)34(32,33)23-14-12-19(3)13-15-23/h9-16,21,24H,7-8,17-18H2,1-6H3,(H,27,31)/t21-,24-/m0/s1. The third-order valence-corrected chi connectivity index (χ3v) is 7.73. The number of sulfonamides is 1. The smallest absolute Gasteiger partial charge is 0.243 e. The molecule has 0 aliphatic heterocycles. The highest BCUT2D eigenvalue weighted by atomic mass is 32.2. The number of nitrogens with one attached hydrogen (secondary N) is 1. The Morgan fingerprint density at radius 2 is 1.62 bits per heavy atom. The fourth-order valence-electron chi connectivity index (χ4n) is 3.62. The van der Waals surface area contributed by atoms with E-state index in [0.717, 1.165) is 27.4 Å². The number of hydrogen-bond donors (Lipinski definition) is 1. The molecule has 0 bridgehead atoms. The molecule has 0 aliphatic carbocycles. The molecule has 0 saturated heterocycles. The lowest BCUT2D eigenvalue weighted by atomic mass is 10.1. The van der Waals surface area contributed by atoms with Gasteiger partial charge in [-0.2, -0.15) is 4.31 Å². The van der Waals surface area contributed by atoms with Gasteiger partial charge < -0.3 is 10.2 Å². The van der Waals surface area contributed by atoms with Crippen LogP contribution in [0.4, 0.5) is 0 Å². The van der Waals surface area contributed by atoms with Gasteiger partial charge in [-0.3, -0.25) is 9.59 Å². The second kappa shape index (κ2) is 12.1. The highest BCUT2D eigenvalue weighted by molar-refractivity contribution is 7.89. The molecule has 8 heteroatoms. The van der Waals surface area contributed by atoms with Crippen molar-refractivity contribution in [1.29, 1.82) is 0 Å². The molecule has 0 aliphatic rings. The van der Waals surface area contributed by atoms with E-state index in [1.165, 1.54) is 24.1 Å². The van der Waals surface area contributed by atoms with Crippen molar-refractivity contribution in [2.24, 2.45) is 0 Å². The van der Waals surface area contributed by atoms with Gasteiger partial charge in [-0.25, -0.2) is 8.42 Å². The Morgan fingerprint density at radius 3 is 2.18 bits per heavy atom. The number of likely N-dealkylation sites (N-methyl/N-ethyl adjacent to an activating group) is 1. The molecule has 0 heterocycles. The fraction of sp³-hybridized carbons (Fsp3) is 0.462. The number of carbonyl (C=O) groups is 2. The molecule has 1 N–H and O–H groups in total. The van der Waals surface area contributed by atoms with Crippen LogP contribution < -0.4 is 5.32 Å². The summed E-state index contributed by atoms with van der Waals surface area (Å²) in [5, 5.41) is 2.96. The van der Waals surface area contributed by atoms with Crippen molar-refractivity contribution in [3.05, 3.63) is 65.2 Å². The maximum atomic E-state index is 13.5. The van der Waals surface area contributed by atoms with Crippen LogP contribution in [-0.4, -0.2) is 55.1 Å². The quantitative estimate of drug-likeness (QED) is 0.524. The molecule has 186 valence electrons. The van der Waals surface area contributed by atoms with Gasteiger partial charge in [-0.05, 0) is 51.3 Å². The third kappa shape index (κ3) is 7.14. The summed E-state index contributed by atoms with van der Waals surface area (Å²) in [7, 11) is -2.47. The van der Waals surface area contributed by atoms with E-state index in [1.807, 2.05) is 58.9 Å². The van der Waals surface area contributed by atoms with Crippen molar-refractivity contribution in [2.75, 3.05) is 13.6 Å². The molecule has 0 radical (unpaired) electrons. The van der Waals surface area contributed by atoms with Crippen molar-refractivity contribution in [1.82, 2.24) is 14.5 Å². The minimum absolute atomic E-state index is 0.0259. The molecule has 0 spiro atoms. The second-order valence-electron chi connectivity index (χ2n) is 8.83. The summed E-state index contributed by atoms with van der Waals surface area (Å²) in [6.07, 6.45) is 1.18. The summed E-state index contributed by atoms with van der Waals surface area (Å²) in [6.45, 7) is 9.43. The average Bonchev–Trinajstić information content (AvgIpc) is 2.79. The maximum absolute atomic E-state index is 13.5. The molecular formula is C26H37N3O4S. The lowest BCUT2D eigenvalue weighted by Gasteiger charge is -2.32. The minimum atomic E-state index is -3.85. The molecule has 0 fully saturated rings. The van der Waals surface area contributed by atoms with Crippen LogP contribution in [0.3, 0.4) is 0 Å². The zero-order valence-corrected chi connectivity index (χ0v) is 21.9. The molecule has 2 atom stereocenters. The minimum Gasteiger partial charge on any atom is -0.352 e. The van der Waals surface area contributed by atoms with Gasteiger partial charge in [0.25, 0.3) is 0 Å². The Hall–Kier alpha value is -2.71. The van der Waals surface area contributed by atoms with Gasteiger partial charge >= 0.3 is 0 Å². The third-order valence-electron chi connectivity index (χ3n) is 5.91. The number of amides is 2. The average molecular weight is 488 g/mol. The van der Waals surface area contributed by atoms with E-state index in [0.29, 0.717) is 6.42 Å². The molecule has 2 amide bonds. The van der Waals surface area contributed by atoms with E-state index in [9.17, 15) is 18.0 Å². The zero-order chi connectivity index (χ0) is 25.5. The van der Waals surface area contributed by atoms with Crippen LogP contribution >= 0.6 is 0 Å². The monoisotopic (exact) mass is 487 g/mol. The lowest BCUT2D eigenvalue weighted by Crippen LogP contribution is -2.53. The van der Waals surface area contributed by atoms with Gasteiger partial charge in [0.15, 0.2) is 0 Å². The van der Waals surface area contributed by atoms with Crippen LogP contribution in [0.1, 0.15) is 50.3 Å². The first kappa shape index (κ1) is 27.5. The second-order valence-corrected chi connectivity index (χ2v) is 10.9. The Kier molecular flexibility index (Phi) is 9.82. The van der Waals surface area contributed by atoms with Gasteiger partial charge in [-0.1, -0.05) is 61.4 Å². The molecule has 34 heavy (non-hydrogen) atoms. The van der Waals surface area contributed by atoms with Crippen molar-refractivity contribution >= 4 is 21.8 Å². The zero-order valence-electron chi connectivity index (χ0n) is 21.0. The molecule has 0 aromatic heterocycles. The summed E-state index contributed by atoms with van der Waals surface area (Å²) in [4.78, 5) is 28.1. The summed E-state index contributed by atoms with van der Waals surface area (Å²) in [6, 6.07) is 13.5. The molecule has 2 aromatic rings. The number of hydrogen-bond acceptors (Lipinski definition) is 4. The molecule has 0 saturated carbocycles. The summed E-state index contributed by atoms with van der Waals surface area (Å²) in [5.41, 5.74) is 2.87. The van der Waals surface area contributed by atoms with Crippen molar-refractivity contribution in [3.63, 3.8) is 0 Å². The number of rotatable bonds is 11. The van der Waals surface area contributed by atoms with Crippen molar-refractivity contribution in [3.8, 4) is 0 Å². The molecule has 2 rings (SSSR count). The van der Waals surface area contributed by atoms with E-state index in [1.54, 1.807) is 12.1 Å². The fourth-order valence-corrected chi connectivity index (χ4v) is 4.74. The predicted octanol–water partition coefficient (Wildman–Crippen LogP) is 3.65. The van der Waals surface area contributed by atoms with E-state index in [-0.39, 0.29) is 29.9 Å². The summed E-state index contributed by atoms with van der Waals surface area (Å²) >= 11 is 0. The van der Waals surface area contributed by atoms with E-state index >= 15 is 0 Å². The first-order valence-electron chi connectivity index (χ1n) is 11.7. The first-order valence-corrected chi connectivity index (χ1v) is 13.1. The van der Waals surface area contributed by atoms with Gasteiger partial charge in [0.2, 0.25) is 21.8 Å². The van der Waals surface area contributed by atoms with Gasteiger partial charge in [-0.15, -0.1) is 0 Å². The number of benzene rings is 2. The van der Waals surface area contributed by atoms with Crippen LogP contribution in [0.15, 0.2) is 53.4 Å². The van der Waals surface area contributed by atoms with Crippen molar-refractivity contribution < 1.29 is 18.0 Å². The van der Waals surface area contributed by atoms with Gasteiger partial charge in [0.05, 0.1) is 11.4 Å². The molecular weight excluding hydrogens is 450 g/mol. The highest BCUT2D eigenvalue weighted by Crippen LogP contribution is 2.18. The SMILES string of the molecule is CC[C@H](C)NC(=O)[C@H](CC)N(Cc1cccc(C)c1)C(=O)CN(C)S(=O)(=O)c1ccc(C)cc1. The Balaban J connectivity index is 2.33. The van der Waals surface area contributed by atoms with Gasteiger partial charge in [0, 0.05) is 19.6 Å². The normalized spacial score (nSPS) is 13.4. The highest BCUT2D eigenvalue weighted by Gasteiger charge is 2.32. The van der Waals surface area contributed by atoms with Crippen LogP contribution in [0.5, 0.6) is 0 Å². The summed E-state index contributed by atoms with van der Waals surface area (Å²) < 4.78 is 27.1. The van der Waals surface area contributed by atoms with Crippen LogP contribution in [-0.2, 0) is 26.2 Å². The maximum Gasteiger partial charge on any atom is 0.243 e. The van der Waals surface area contributed by atoms with Crippen LogP contribution in [0.2, 0.25) is 0 Å². The molecule has 2 aromatic carbocycles. The van der Waals surface area contributed by atoms with Crippen LogP contribution in [0.25, 0.3) is 0 Å². The van der Waals surface area contributed by atoms with Gasteiger partial charge in [0.1, 0.15) is 6.04 Å². The summed E-state index contributed by atoms with van der Waals surface area (Å²) in [5.74, 6) is -0.659.